The van der Waals surface area contributed by atoms with Crippen molar-refractivity contribution in [2.24, 2.45) is 5.92 Å². The maximum Gasteiger partial charge on any atom is 0.416 e. The van der Waals surface area contributed by atoms with Gasteiger partial charge in [0, 0.05) is 6.42 Å². The molecule has 2 aliphatic rings. The van der Waals surface area contributed by atoms with E-state index < -0.39 is 35.8 Å². The van der Waals surface area contributed by atoms with Crippen molar-refractivity contribution in [1.29, 1.82) is 0 Å². The normalized spacial score (nSPS) is 27.7. The molecule has 0 unspecified atom stereocenters. The van der Waals surface area contributed by atoms with Gasteiger partial charge < -0.3 is 14.6 Å². The maximum atomic E-state index is 13.1. The average Bonchev–Trinajstić information content (AvgIpc) is 3.17. The Hall–Kier alpha value is -2.09. The van der Waals surface area contributed by atoms with Crippen LogP contribution < -0.4 is 0 Å². The van der Waals surface area contributed by atoms with Crippen LogP contribution in [0.15, 0.2) is 12.7 Å². The predicted octanol–water partition coefficient (Wildman–Crippen LogP) is 1.92. The molecule has 3 amide bonds. The third-order valence-electron chi connectivity index (χ3n) is 4.33. The summed E-state index contributed by atoms with van der Waals surface area (Å²) in [4.78, 5) is 40.1. The first-order valence-corrected chi connectivity index (χ1v) is 8.89. The van der Waals surface area contributed by atoms with E-state index in [-0.39, 0.29) is 31.5 Å². The van der Waals surface area contributed by atoms with Gasteiger partial charge in [-0.3, -0.25) is 9.69 Å². The lowest BCUT2D eigenvalue weighted by atomic mass is 10.1. The van der Waals surface area contributed by atoms with Gasteiger partial charge in [0.05, 0.1) is 25.3 Å². The van der Waals surface area contributed by atoms with E-state index in [1.54, 1.807) is 33.8 Å². The number of hydrogen-bond donors (Lipinski definition) is 1. The van der Waals surface area contributed by atoms with Crippen LogP contribution in [-0.4, -0.2) is 69.9 Å². The highest BCUT2D eigenvalue weighted by Crippen LogP contribution is 2.38. The number of nitrogens with zero attached hydrogens (tertiary/aromatic N) is 2. The molecule has 1 N–H and O–H groups in total. The molecule has 1 heterocycles. The number of amides is 3. The minimum absolute atomic E-state index is 0.0163. The SMILES string of the molecule is C=C[C@@H]1C[C@H]1N(C(=O)OCC)C(=O)[C@@H]1C[C@@H](O)CN1C(=O)OC(C)(C)C. The molecule has 4 atom stereocenters. The molecular formula is C18H28N2O6. The van der Waals surface area contributed by atoms with Crippen molar-refractivity contribution < 1.29 is 29.0 Å². The number of β-amino-alcohol motifs (C(OH)–C–C–N with tert-alkyl or cyclic N) is 1. The molecule has 8 heteroatoms. The third-order valence-corrected chi connectivity index (χ3v) is 4.33. The number of ether oxygens (including phenoxy) is 2. The van der Waals surface area contributed by atoms with Crippen LogP contribution in [0.2, 0.25) is 0 Å². The second kappa shape index (κ2) is 7.65. The minimum atomic E-state index is -0.963. The van der Waals surface area contributed by atoms with Crippen LogP contribution in [-0.2, 0) is 14.3 Å². The quantitative estimate of drug-likeness (QED) is 0.762. The molecule has 8 nitrogen and oxygen atoms in total. The second-order valence-corrected chi connectivity index (χ2v) is 7.65. The number of carbonyl (C=O) groups excluding carboxylic acids is 3. The van der Waals surface area contributed by atoms with Gasteiger partial charge in [0.15, 0.2) is 0 Å². The van der Waals surface area contributed by atoms with Crippen molar-refractivity contribution in [3.8, 4) is 0 Å². The van der Waals surface area contributed by atoms with Crippen LogP contribution in [0.1, 0.15) is 40.5 Å². The molecule has 146 valence electrons. The lowest BCUT2D eigenvalue weighted by molar-refractivity contribution is -0.134. The van der Waals surface area contributed by atoms with Crippen molar-refractivity contribution in [2.75, 3.05) is 13.2 Å². The Morgan fingerprint density at radius 2 is 1.96 bits per heavy atom. The molecule has 1 saturated heterocycles. The van der Waals surface area contributed by atoms with Gasteiger partial charge >= 0.3 is 12.2 Å². The molecule has 0 bridgehead atoms. The first-order valence-electron chi connectivity index (χ1n) is 8.89. The van der Waals surface area contributed by atoms with E-state index in [4.69, 9.17) is 9.47 Å². The summed E-state index contributed by atoms with van der Waals surface area (Å²) in [6.45, 7) is 10.6. The van der Waals surface area contributed by atoms with E-state index in [0.29, 0.717) is 6.42 Å². The molecule has 0 aromatic heterocycles. The van der Waals surface area contributed by atoms with Crippen molar-refractivity contribution in [3.05, 3.63) is 12.7 Å². The highest BCUT2D eigenvalue weighted by molar-refractivity contribution is 5.97. The molecule has 1 saturated carbocycles. The fraction of sp³-hybridized carbons (Fsp3) is 0.722. The standard InChI is InChI=1S/C18H28N2O6/c1-6-11-8-13(11)20(17(24)25-7-2)15(22)14-9-12(21)10-19(14)16(23)26-18(3,4)5/h6,11-14,21H,1,7-10H2,2-5H3/t11-,12-,13-,14+/m1/s1. The van der Waals surface area contributed by atoms with Crippen LogP contribution in [0.4, 0.5) is 9.59 Å². The monoisotopic (exact) mass is 368 g/mol. The summed E-state index contributed by atoms with van der Waals surface area (Å²) < 4.78 is 10.3. The van der Waals surface area contributed by atoms with Gasteiger partial charge in [0.2, 0.25) is 0 Å². The summed E-state index contributed by atoms with van der Waals surface area (Å²) in [5.74, 6) is -0.537. The lowest BCUT2D eigenvalue weighted by Crippen LogP contribution is -2.52. The number of rotatable bonds is 4. The van der Waals surface area contributed by atoms with Gasteiger partial charge in [-0.25, -0.2) is 14.5 Å². The molecule has 1 aliphatic carbocycles. The Balaban J connectivity index is 2.20. The number of carbonyl (C=O) groups is 3. The van der Waals surface area contributed by atoms with E-state index >= 15 is 0 Å². The van der Waals surface area contributed by atoms with Gasteiger partial charge in [-0.05, 0) is 40.0 Å². The van der Waals surface area contributed by atoms with Gasteiger partial charge in [0.1, 0.15) is 11.6 Å². The largest absolute Gasteiger partial charge is 0.449 e. The Kier molecular flexibility index (Phi) is 5.95. The number of imide groups is 1. The van der Waals surface area contributed by atoms with Crippen LogP contribution >= 0.6 is 0 Å². The van der Waals surface area contributed by atoms with Crippen molar-refractivity contribution in [3.63, 3.8) is 0 Å². The summed E-state index contributed by atoms with van der Waals surface area (Å²) >= 11 is 0. The first kappa shape index (κ1) is 20.2. The summed E-state index contributed by atoms with van der Waals surface area (Å²) in [5.41, 5.74) is -0.733. The zero-order chi connectivity index (χ0) is 19.6. The maximum absolute atomic E-state index is 13.1. The molecule has 0 aromatic rings. The highest BCUT2D eigenvalue weighted by atomic mass is 16.6. The zero-order valence-electron chi connectivity index (χ0n) is 15.8. The van der Waals surface area contributed by atoms with Gasteiger partial charge in [-0.15, -0.1) is 6.58 Å². The number of hydrogen-bond acceptors (Lipinski definition) is 6. The van der Waals surface area contributed by atoms with Gasteiger partial charge in [-0.2, -0.15) is 0 Å². The van der Waals surface area contributed by atoms with E-state index in [1.165, 1.54) is 4.90 Å². The third kappa shape index (κ3) is 4.55. The smallest absolute Gasteiger partial charge is 0.416 e. The number of aliphatic hydroxyl groups is 1. The molecule has 26 heavy (non-hydrogen) atoms. The summed E-state index contributed by atoms with van der Waals surface area (Å²) in [7, 11) is 0. The molecule has 2 fully saturated rings. The Bertz CT molecular complexity index is 585. The fourth-order valence-electron chi connectivity index (χ4n) is 3.06. The number of likely N-dealkylation sites (tertiary alicyclic amines) is 1. The van der Waals surface area contributed by atoms with Crippen molar-refractivity contribution >= 4 is 18.1 Å². The first-order chi connectivity index (χ1) is 12.1. The number of aliphatic hydroxyl groups excluding tert-OH is 1. The van der Waals surface area contributed by atoms with Crippen LogP contribution in [0.25, 0.3) is 0 Å². The predicted molar refractivity (Wildman–Crippen MR) is 93.3 cm³/mol. The second-order valence-electron chi connectivity index (χ2n) is 7.65. The topological polar surface area (TPSA) is 96.4 Å². The van der Waals surface area contributed by atoms with E-state index in [2.05, 4.69) is 6.58 Å². The van der Waals surface area contributed by atoms with E-state index in [0.717, 1.165) is 4.90 Å². The van der Waals surface area contributed by atoms with E-state index in [9.17, 15) is 19.5 Å². The minimum Gasteiger partial charge on any atom is -0.449 e. The molecular weight excluding hydrogens is 340 g/mol. The zero-order valence-corrected chi connectivity index (χ0v) is 15.8. The molecule has 0 aromatic carbocycles. The molecule has 0 radical (unpaired) electrons. The average molecular weight is 368 g/mol. The Morgan fingerprint density at radius 3 is 2.46 bits per heavy atom. The Labute approximate surface area is 153 Å². The molecule has 1 aliphatic heterocycles. The molecule has 2 rings (SSSR count). The van der Waals surface area contributed by atoms with Crippen LogP contribution in [0.3, 0.4) is 0 Å². The van der Waals surface area contributed by atoms with Gasteiger partial charge in [0.25, 0.3) is 5.91 Å². The Morgan fingerprint density at radius 1 is 1.31 bits per heavy atom. The summed E-state index contributed by atoms with van der Waals surface area (Å²) in [6, 6.07) is -1.28. The molecule has 0 spiro atoms. The fourth-order valence-corrected chi connectivity index (χ4v) is 3.06. The summed E-state index contributed by atoms with van der Waals surface area (Å²) in [6.07, 6.45) is 0.0914. The highest BCUT2D eigenvalue weighted by Gasteiger charge is 2.51. The van der Waals surface area contributed by atoms with Crippen LogP contribution in [0, 0.1) is 5.92 Å². The van der Waals surface area contributed by atoms with Crippen LogP contribution in [0.5, 0.6) is 0 Å². The van der Waals surface area contributed by atoms with Gasteiger partial charge in [-0.1, -0.05) is 6.08 Å². The van der Waals surface area contributed by atoms with Crippen molar-refractivity contribution in [2.45, 2.75) is 64.3 Å². The van der Waals surface area contributed by atoms with Crippen molar-refractivity contribution in [1.82, 2.24) is 9.80 Å². The summed E-state index contributed by atoms with van der Waals surface area (Å²) in [5, 5.41) is 9.99. The van der Waals surface area contributed by atoms with E-state index in [1.807, 2.05) is 0 Å². The lowest BCUT2D eigenvalue weighted by Gasteiger charge is -2.30.